The van der Waals surface area contributed by atoms with Crippen molar-refractivity contribution in [3.05, 3.63) is 106 Å². The molecule has 0 saturated heterocycles. The fourth-order valence-corrected chi connectivity index (χ4v) is 5.19. The third kappa shape index (κ3) is 2.27. The summed E-state index contributed by atoms with van der Waals surface area (Å²) in [5, 5.41) is 1.27. The SMILES string of the molecule is CCc1ccc([C@@H]2CN3C(=O)c4ccccc4[C@H]3c3[nH]c4ccccc4c32)cc1. The van der Waals surface area contributed by atoms with Crippen LogP contribution in [0.3, 0.4) is 0 Å². The number of aromatic nitrogens is 1. The number of benzene rings is 3. The van der Waals surface area contributed by atoms with Crippen LogP contribution in [0.1, 0.15) is 57.2 Å². The predicted octanol–water partition coefficient (Wildman–Crippen LogP) is 5.42. The van der Waals surface area contributed by atoms with Gasteiger partial charge < -0.3 is 9.88 Å². The maximum absolute atomic E-state index is 13.2. The van der Waals surface area contributed by atoms with Crippen LogP contribution in [0.15, 0.2) is 72.8 Å². The summed E-state index contributed by atoms with van der Waals surface area (Å²) in [4.78, 5) is 19.0. The molecule has 0 aliphatic carbocycles. The molecule has 1 aromatic heterocycles. The lowest BCUT2D eigenvalue weighted by atomic mass is 9.82. The van der Waals surface area contributed by atoms with Crippen LogP contribution in [0.5, 0.6) is 0 Å². The molecule has 142 valence electrons. The largest absolute Gasteiger partial charge is 0.356 e. The summed E-state index contributed by atoms with van der Waals surface area (Å²) in [6, 6.07) is 25.5. The Kier molecular flexibility index (Phi) is 3.48. The summed E-state index contributed by atoms with van der Waals surface area (Å²) >= 11 is 0. The lowest BCUT2D eigenvalue weighted by Crippen LogP contribution is -2.37. The van der Waals surface area contributed by atoms with Crippen molar-refractivity contribution >= 4 is 16.8 Å². The fourth-order valence-electron chi connectivity index (χ4n) is 5.19. The van der Waals surface area contributed by atoms with E-state index in [1.807, 2.05) is 18.2 Å². The molecule has 3 heterocycles. The molecule has 1 amide bonds. The zero-order valence-electron chi connectivity index (χ0n) is 16.4. The van der Waals surface area contributed by atoms with E-state index in [9.17, 15) is 4.79 Å². The first-order chi connectivity index (χ1) is 14.3. The summed E-state index contributed by atoms with van der Waals surface area (Å²) in [5.74, 6) is 0.312. The van der Waals surface area contributed by atoms with Crippen LogP contribution in [-0.2, 0) is 6.42 Å². The number of nitrogens with zero attached hydrogens (tertiary/aromatic N) is 1. The van der Waals surface area contributed by atoms with E-state index in [-0.39, 0.29) is 17.9 Å². The minimum absolute atomic E-state index is 0.0211. The van der Waals surface area contributed by atoms with E-state index in [0.717, 1.165) is 23.1 Å². The molecular weight excluding hydrogens is 356 g/mol. The maximum atomic E-state index is 13.2. The normalized spacial score (nSPS) is 19.9. The van der Waals surface area contributed by atoms with Crippen LogP contribution in [0.2, 0.25) is 0 Å². The number of aromatic amines is 1. The van der Waals surface area contributed by atoms with Crippen LogP contribution in [0.4, 0.5) is 0 Å². The lowest BCUT2D eigenvalue weighted by molar-refractivity contribution is 0.0727. The fraction of sp³-hybridized carbons (Fsp3) is 0.192. The number of amides is 1. The van der Waals surface area contributed by atoms with Crippen LogP contribution < -0.4 is 0 Å². The van der Waals surface area contributed by atoms with E-state index in [2.05, 4.69) is 71.4 Å². The molecule has 3 nitrogen and oxygen atoms in total. The van der Waals surface area contributed by atoms with E-state index in [1.54, 1.807) is 0 Å². The minimum atomic E-state index is -0.0211. The van der Waals surface area contributed by atoms with Gasteiger partial charge in [0.25, 0.3) is 5.91 Å². The van der Waals surface area contributed by atoms with Gasteiger partial charge in [-0.15, -0.1) is 0 Å². The number of carbonyl (C=O) groups is 1. The molecule has 0 spiro atoms. The highest BCUT2D eigenvalue weighted by atomic mass is 16.2. The zero-order valence-corrected chi connectivity index (χ0v) is 16.4. The second-order valence-electron chi connectivity index (χ2n) is 8.09. The Hall–Kier alpha value is -3.33. The van der Waals surface area contributed by atoms with Gasteiger partial charge in [-0.3, -0.25) is 4.79 Å². The van der Waals surface area contributed by atoms with Crippen molar-refractivity contribution in [2.45, 2.75) is 25.3 Å². The summed E-state index contributed by atoms with van der Waals surface area (Å²) in [5.41, 5.74) is 8.22. The smallest absolute Gasteiger partial charge is 0.255 e. The van der Waals surface area contributed by atoms with Crippen molar-refractivity contribution in [2.24, 2.45) is 0 Å². The maximum Gasteiger partial charge on any atom is 0.255 e. The average Bonchev–Trinajstić information content (AvgIpc) is 3.30. The molecule has 2 aliphatic heterocycles. The van der Waals surface area contributed by atoms with Gasteiger partial charge >= 0.3 is 0 Å². The monoisotopic (exact) mass is 378 g/mol. The highest BCUT2D eigenvalue weighted by Gasteiger charge is 2.45. The van der Waals surface area contributed by atoms with Gasteiger partial charge in [-0.1, -0.05) is 67.6 Å². The van der Waals surface area contributed by atoms with Crippen molar-refractivity contribution in [1.82, 2.24) is 9.88 Å². The number of hydrogen-bond donors (Lipinski definition) is 1. The van der Waals surface area contributed by atoms with Crippen molar-refractivity contribution in [3.63, 3.8) is 0 Å². The molecule has 0 saturated carbocycles. The van der Waals surface area contributed by atoms with E-state index < -0.39 is 0 Å². The standard InChI is InChI=1S/C26H22N2O/c1-2-16-11-13-17(14-12-16)21-15-28-25(18-7-3-4-8-19(18)26(28)29)24-23(21)20-9-5-6-10-22(20)27-24/h3-14,21,25,27H,2,15H2,1H3/t21-,25-/m0/s1. The van der Waals surface area contributed by atoms with Gasteiger partial charge in [-0.25, -0.2) is 0 Å². The van der Waals surface area contributed by atoms with Gasteiger partial charge in [-0.2, -0.15) is 0 Å². The Bertz CT molecular complexity index is 1250. The van der Waals surface area contributed by atoms with E-state index in [4.69, 9.17) is 0 Å². The van der Waals surface area contributed by atoms with Crippen LogP contribution >= 0.6 is 0 Å². The predicted molar refractivity (Wildman–Crippen MR) is 115 cm³/mol. The molecular formula is C26H22N2O. The zero-order chi connectivity index (χ0) is 19.5. The molecule has 0 radical (unpaired) electrons. The number of aryl methyl sites for hydroxylation is 1. The number of H-pyrrole nitrogens is 1. The Morgan fingerprint density at radius 2 is 1.72 bits per heavy atom. The molecule has 0 bridgehead atoms. The van der Waals surface area contributed by atoms with Gasteiger partial charge in [0.15, 0.2) is 0 Å². The molecule has 3 aromatic carbocycles. The summed E-state index contributed by atoms with van der Waals surface area (Å²) in [7, 11) is 0. The number of nitrogens with one attached hydrogen (secondary N) is 1. The highest BCUT2D eigenvalue weighted by molar-refractivity contribution is 6.01. The third-order valence-electron chi connectivity index (χ3n) is 6.63. The molecule has 0 unspecified atom stereocenters. The van der Waals surface area contributed by atoms with Gasteiger partial charge in [-0.05, 0) is 40.8 Å². The van der Waals surface area contributed by atoms with Crippen molar-refractivity contribution < 1.29 is 4.79 Å². The highest BCUT2D eigenvalue weighted by Crippen LogP contribution is 2.49. The van der Waals surface area contributed by atoms with Crippen molar-refractivity contribution in [3.8, 4) is 0 Å². The Labute approximate surface area is 170 Å². The first-order valence-electron chi connectivity index (χ1n) is 10.4. The van der Waals surface area contributed by atoms with E-state index in [0.29, 0.717) is 6.54 Å². The number of hydrogen-bond acceptors (Lipinski definition) is 1. The number of fused-ring (bicyclic) bond motifs is 7. The first kappa shape index (κ1) is 16.6. The molecule has 6 rings (SSSR count). The van der Waals surface area contributed by atoms with Gasteiger partial charge in [0.05, 0.1) is 6.04 Å². The van der Waals surface area contributed by atoms with Crippen LogP contribution in [0.25, 0.3) is 10.9 Å². The Morgan fingerprint density at radius 3 is 2.55 bits per heavy atom. The third-order valence-corrected chi connectivity index (χ3v) is 6.63. The second-order valence-corrected chi connectivity index (χ2v) is 8.09. The summed E-state index contributed by atoms with van der Waals surface area (Å²) < 4.78 is 0. The number of para-hydroxylation sites is 1. The Balaban J connectivity index is 1.60. The van der Waals surface area contributed by atoms with E-state index in [1.165, 1.54) is 27.8 Å². The second kappa shape index (κ2) is 6.08. The molecule has 3 heteroatoms. The van der Waals surface area contributed by atoms with Gasteiger partial charge in [0.2, 0.25) is 0 Å². The molecule has 0 fully saturated rings. The minimum Gasteiger partial charge on any atom is -0.356 e. The summed E-state index contributed by atoms with van der Waals surface area (Å²) in [6.45, 7) is 2.89. The molecule has 2 atom stereocenters. The van der Waals surface area contributed by atoms with Gasteiger partial charge in [0, 0.05) is 34.6 Å². The van der Waals surface area contributed by atoms with Gasteiger partial charge in [0.1, 0.15) is 0 Å². The molecule has 29 heavy (non-hydrogen) atoms. The number of carbonyl (C=O) groups excluding carboxylic acids is 1. The van der Waals surface area contributed by atoms with Crippen LogP contribution in [0, 0.1) is 0 Å². The molecule has 1 N–H and O–H groups in total. The molecule has 4 aromatic rings. The first-order valence-corrected chi connectivity index (χ1v) is 10.4. The quantitative estimate of drug-likeness (QED) is 0.497. The van der Waals surface area contributed by atoms with Crippen molar-refractivity contribution in [2.75, 3.05) is 6.54 Å². The Morgan fingerprint density at radius 1 is 0.966 bits per heavy atom. The summed E-state index contributed by atoms with van der Waals surface area (Å²) in [6.07, 6.45) is 1.03. The topological polar surface area (TPSA) is 36.1 Å². The average molecular weight is 378 g/mol. The number of rotatable bonds is 2. The van der Waals surface area contributed by atoms with Crippen LogP contribution in [-0.4, -0.2) is 22.3 Å². The lowest BCUT2D eigenvalue weighted by Gasteiger charge is -2.36. The van der Waals surface area contributed by atoms with Crippen molar-refractivity contribution in [1.29, 1.82) is 0 Å². The molecule has 2 aliphatic rings. The van der Waals surface area contributed by atoms with E-state index >= 15 is 0 Å².